The van der Waals surface area contributed by atoms with Gasteiger partial charge in [0.2, 0.25) is 23.0 Å². The first kappa shape index (κ1) is 78.3. The molecule has 0 radical (unpaired) electrons. The van der Waals surface area contributed by atoms with Gasteiger partial charge in [0.15, 0.2) is 17.3 Å². The van der Waals surface area contributed by atoms with Crippen molar-refractivity contribution in [1.82, 2.24) is 59.5 Å². The molecule has 6 aromatic heterocycles. The molecule has 8 heterocycles. The van der Waals surface area contributed by atoms with Gasteiger partial charge in [-0.2, -0.15) is 0 Å². The van der Waals surface area contributed by atoms with E-state index in [-0.39, 0.29) is 53.7 Å². The average Bonchev–Trinajstić information content (AvgIpc) is 1.62. The summed E-state index contributed by atoms with van der Waals surface area (Å²) in [5, 5.41) is 27.3. The van der Waals surface area contributed by atoms with E-state index in [1.165, 1.54) is 13.3 Å². The van der Waals surface area contributed by atoms with Crippen molar-refractivity contribution in [1.29, 1.82) is 0 Å². The molecule has 26 nitrogen and oxygen atoms in total. The monoisotopic (exact) mass is 1480 g/mol. The van der Waals surface area contributed by atoms with Gasteiger partial charge in [-0.25, -0.2) is 43.5 Å². The quantitative estimate of drug-likeness (QED) is 0.0242. The van der Waals surface area contributed by atoms with E-state index in [4.69, 9.17) is 43.4 Å². The molecule has 8 aromatic rings. The number of nitrogens with zero attached hydrogens (tertiary/aromatic N) is 12. The third-order valence-corrected chi connectivity index (χ3v) is 18.1. The third-order valence-electron chi connectivity index (χ3n) is 17.1. The summed E-state index contributed by atoms with van der Waals surface area (Å²) in [4.78, 5) is 78.7. The number of carbonyl (C=O) groups excluding carboxylic acids is 3. The number of piperazine rings is 2. The van der Waals surface area contributed by atoms with Crippen molar-refractivity contribution in [2.24, 2.45) is 0 Å². The first-order valence-electron chi connectivity index (χ1n) is 32.6. The molecule has 11 N–H and O–H groups in total. The fraction of sp³-hybridized carbons (Fsp3) is 0.347. The molecule has 30 heteroatoms. The Bertz CT molecular complexity index is 4310. The molecule has 2 fully saturated rings. The van der Waals surface area contributed by atoms with E-state index in [9.17, 15) is 23.9 Å². The van der Waals surface area contributed by atoms with E-state index in [2.05, 4.69) is 110 Å². The van der Waals surface area contributed by atoms with Crippen molar-refractivity contribution in [3.63, 3.8) is 0 Å². The Kier molecular flexibility index (Phi) is 28.8. The number of nitrogens with one attached hydrogen (secondary N) is 3. The van der Waals surface area contributed by atoms with Crippen LogP contribution < -0.4 is 33.2 Å². The number of hydrogen-bond acceptors (Lipinski definition) is 24. The normalized spacial score (nSPS) is 14.8. The number of anilines is 7. The number of aliphatic hydroxyl groups is 2. The lowest BCUT2D eigenvalue weighted by Crippen LogP contribution is -2.54. The predicted molar refractivity (Wildman–Crippen MR) is 393 cm³/mol. The van der Waals surface area contributed by atoms with Gasteiger partial charge >= 0.3 is 5.97 Å². The number of amides is 2. The Morgan fingerprint density at radius 3 is 1.49 bits per heavy atom. The Morgan fingerprint density at radius 1 is 0.588 bits per heavy atom. The van der Waals surface area contributed by atoms with Gasteiger partial charge in [-0.3, -0.25) is 29.4 Å². The predicted octanol–water partition coefficient (Wildman–Crippen LogP) is 8.16. The minimum atomic E-state index is -0.542. The number of carbonyl (C=O) groups is 3. The number of rotatable bonds is 17. The van der Waals surface area contributed by atoms with Gasteiger partial charge in [0.25, 0.3) is 0 Å². The van der Waals surface area contributed by atoms with Gasteiger partial charge in [0.1, 0.15) is 28.1 Å². The first-order valence-corrected chi connectivity index (χ1v) is 33.8. The van der Waals surface area contributed by atoms with Crippen LogP contribution in [-0.2, 0) is 49.9 Å². The molecule has 102 heavy (non-hydrogen) atoms. The van der Waals surface area contributed by atoms with E-state index in [0.717, 1.165) is 114 Å². The Labute approximate surface area is 605 Å². The van der Waals surface area contributed by atoms with Crippen LogP contribution in [0.25, 0.3) is 11.1 Å². The number of hydrogen-bond donors (Lipinski definition) is 8. The maximum Gasteiger partial charge on any atom is 0.356 e. The van der Waals surface area contributed by atoms with Crippen LogP contribution in [0.2, 0.25) is 5.28 Å². The fourth-order valence-corrected chi connectivity index (χ4v) is 11.9. The molecule has 4 aliphatic rings. The molecule has 2 aromatic carbocycles. The lowest BCUT2D eigenvalue weighted by atomic mass is 10.0. The van der Waals surface area contributed by atoms with Crippen LogP contribution in [0.3, 0.4) is 0 Å². The van der Waals surface area contributed by atoms with Crippen LogP contribution >= 0.6 is 27.5 Å². The van der Waals surface area contributed by atoms with E-state index in [1.54, 1.807) is 51.9 Å². The van der Waals surface area contributed by atoms with E-state index in [0.29, 0.717) is 88.4 Å². The van der Waals surface area contributed by atoms with E-state index >= 15 is 4.39 Å². The number of aliphatic hydroxyl groups excluding tert-OH is 2. The van der Waals surface area contributed by atoms with Crippen LogP contribution in [0.5, 0.6) is 0 Å². The van der Waals surface area contributed by atoms with E-state index < -0.39 is 23.6 Å². The van der Waals surface area contributed by atoms with Crippen LogP contribution in [0, 0.1) is 39.3 Å². The number of esters is 1. The van der Waals surface area contributed by atoms with Crippen LogP contribution in [0.4, 0.5) is 48.9 Å². The number of nitrogen functional groups attached to an aromatic ring is 3. The van der Waals surface area contributed by atoms with Crippen LogP contribution in [0.15, 0.2) is 115 Å². The molecule has 0 spiro atoms. The number of halogens is 4. The van der Waals surface area contributed by atoms with Crippen molar-refractivity contribution in [3.8, 4) is 0 Å². The topological polar surface area (TPSA) is 350 Å². The number of benzene rings is 2. The zero-order chi connectivity index (χ0) is 73.7. The number of ether oxygens (including phenoxy) is 3. The smallest absolute Gasteiger partial charge is 0.356 e. The maximum absolute atomic E-state index is 15.0. The maximum atomic E-state index is 15.0. The number of nitrogens with two attached hydrogens (primary N) is 3. The SMILES string of the molecule is COC(=O)c1ncc(N)cc1C.COC[C@H](C(=O)Nc1cccc2c1CC=C2c1nc(Cl)ncc1F)N1CCN(C)CC1.COC[C@H](C(=O)Nc1cccc2c1CC=C2c1nc(Nc2cnc(CO)c(C)c2)ncc1F)N1CCN(C)CC1.Cc1cc(N)cnc1Br.Cc1cc(N)cnc1CO. The molecule has 2 saturated heterocycles. The molecule has 0 bridgehead atoms. The van der Waals surface area contributed by atoms with Gasteiger partial charge in [-0.1, -0.05) is 36.4 Å². The molecular formula is C72H86BrClF2N18O8. The van der Waals surface area contributed by atoms with Crippen LogP contribution in [-0.4, -0.2) is 201 Å². The molecule has 2 aliphatic carbocycles. The van der Waals surface area contributed by atoms with Gasteiger partial charge in [-0.05, 0) is 163 Å². The Balaban J connectivity index is 0.000000185. The Hall–Kier alpha value is -9.40. The summed E-state index contributed by atoms with van der Waals surface area (Å²) in [6.07, 6.45) is 13.3. The number of methoxy groups -OCH3 is 3. The summed E-state index contributed by atoms with van der Waals surface area (Å²) in [6.45, 7) is 14.7. The summed E-state index contributed by atoms with van der Waals surface area (Å²) >= 11 is 9.14. The summed E-state index contributed by atoms with van der Waals surface area (Å²) in [7, 11) is 8.68. The highest BCUT2D eigenvalue weighted by Gasteiger charge is 2.32. The number of allylic oxidation sites excluding steroid dienone is 2. The summed E-state index contributed by atoms with van der Waals surface area (Å²) < 4.78 is 45.5. The lowest BCUT2D eigenvalue weighted by Gasteiger charge is -2.36. The number of aromatic nitrogens is 8. The van der Waals surface area contributed by atoms with Gasteiger partial charge < -0.3 is 67.4 Å². The van der Waals surface area contributed by atoms with Crippen molar-refractivity contribution in [3.05, 3.63) is 204 Å². The molecule has 540 valence electrons. The van der Waals surface area contributed by atoms with Crippen molar-refractivity contribution >= 4 is 96.5 Å². The Morgan fingerprint density at radius 2 is 1.04 bits per heavy atom. The average molecular weight is 1480 g/mol. The number of pyridine rings is 4. The molecule has 0 unspecified atom stereocenters. The van der Waals surface area contributed by atoms with Crippen molar-refractivity contribution in [2.75, 3.05) is 134 Å². The van der Waals surface area contributed by atoms with E-state index in [1.807, 2.05) is 81.5 Å². The zero-order valence-electron chi connectivity index (χ0n) is 58.4. The summed E-state index contributed by atoms with van der Waals surface area (Å²) in [6, 6.07) is 17.6. The lowest BCUT2D eigenvalue weighted by molar-refractivity contribution is -0.124. The van der Waals surface area contributed by atoms with Gasteiger partial charge in [0, 0.05) is 89.1 Å². The minimum Gasteiger partial charge on any atom is -0.464 e. The second-order valence-electron chi connectivity index (χ2n) is 24.4. The molecule has 2 amide bonds. The molecular weight excluding hydrogens is 1400 g/mol. The van der Waals surface area contributed by atoms with Crippen LogP contribution in [0.1, 0.15) is 77.8 Å². The van der Waals surface area contributed by atoms with Crippen molar-refractivity contribution < 1.29 is 47.6 Å². The van der Waals surface area contributed by atoms with Gasteiger partial charge in [0.05, 0.1) is 105 Å². The zero-order valence-corrected chi connectivity index (χ0v) is 60.7. The fourth-order valence-electron chi connectivity index (χ4n) is 11.5. The van der Waals surface area contributed by atoms with Crippen molar-refractivity contribution in [2.45, 2.75) is 65.8 Å². The molecule has 0 saturated carbocycles. The number of aryl methyl sites for hydroxylation is 4. The highest BCUT2D eigenvalue weighted by atomic mass is 79.9. The molecule has 12 rings (SSSR count). The third kappa shape index (κ3) is 20.9. The number of likely N-dealkylation sites (N-methyl/N-ethyl adjacent to an activating group) is 2. The standard InChI is InChI=1S/C29H34FN7O3.C22H25ClFN5O2.C8H10N2O2.C7H10N2O.C6H7BrN2/c1-18-13-19(14-31-25(18)16-38)33-29-32-15-23(30)27(35-29)22-8-7-21-20(22)5-4-6-24(21)34-28(39)26(17-40-3)37-11-9-36(2)10-12-37;1-28-8-10-29(11-9-28)19(13-31-2)21(30)26-18-5-3-4-14-15(18)6-7-16(14)20-17(24)12-25-22(23)27-20;1-5-3-6(9)4-10-7(5)8(11)12-2;1-5-2-6(8)3-9-7(5)4-10;1-4-2-5(8)3-9-6(4)7/h4-6,8,13-15,26,38H,7,9-12,16-17H2,1-3H3,(H,34,39)(H,32,33,35);3-5,7,12,19H,6,8-11,13H2,1-2H3,(H,26,30);3-4H,9H2,1-2H3;2-3,10H,4,8H2,1H3;2-3H,8H2,1H3/t26-;19-;;;/m11.../s1. The first-order chi connectivity index (χ1) is 48.9. The number of fused-ring (bicyclic) bond motifs is 2. The van der Waals surface area contributed by atoms with Gasteiger partial charge in [-0.15, -0.1) is 0 Å². The molecule has 2 aliphatic heterocycles. The minimum absolute atomic E-state index is 0.00945. The highest BCUT2D eigenvalue weighted by molar-refractivity contribution is 9.10. The second-order valence-corrected chi connectivity index (χ2v) is 25.5. The highest BCUT2D eigenvalue weighted by Crippen LogP contribution is 2.39. The second kappa shape index (κ2) is 37.5. The largest absolute Gasteiger partial charge is 0.464 e. The summed E-state index contributed by atoms with van der Waals surface area (Å²) in [5.74, 6) is -1.52. The molecule has 2 atom stereocenters. The summed E-state index contributed by atoms with van der Waals surface area (Å²) in [5.41, 5.74) is 30.5.